The number of hydrogen-bond donors (Lipinski definition) is 2. The molecule has 0 saturated carbocycles. The van der Waals surface area contributed by atoms with Gasteiger partial charge in [-0.3, -0.25) is 18.7 Å². The first-order chi connectivity index (χ1) is 32.7. The van der Waals surface area contributed by atoms with E-state index in [1.165, 1.54) is 64.7 Å². The Kier molecular flexibility index (Phi) is 29.7. The SMILES string of the molecule is Cc1cc(OC(=O)CCCCCCC(=O)N2CC(O)C[C@H]2COP(C)(=O)OCCCCCSSCCCCCOP(C)(=O)O)c(C)c2c1O[C@@](C)(CCC[C@H](C)CCC[C@H](C)CCCC(C)C)CC2. The third-order valence-electron chi connectivity index (χ3n) is 13.8. The molecular weight excluding hydrogens is 953 g/mol. The molecule has 16 heteroatoms. The van der Waals surface area contributed by atoms with Crippen LogP contribution in [0.1, 0.15) is 199 Å². The highest BCUT2D eigenvalue weighted by Gasteiger charge is 2.36. The van der Waals surface area contributed by atoms with Gasteiger partial charge in [-0.25, -0.2) is 0 Å². The summed E-state index contributed by atoms with van der Waals surface area (Å²) in [5.41, 5.74) is 2.96. The molecular formula is C53H95NO11P2S2. The van der Waals surface area contributed by atoms with Crippen LogP contribution in [0, 0.1) is 31.6 Å². The molecule has 0 bridgehead atoms. The van der Waals surface area contributed by atoms with Crippen molar-refractivity contribution in [3.05, 3.63) is 22.8 Å². The third-order valence-corrected chi connectivity index (χ3v) is 18.3. The van der Waals surface area contributed by atoms with E-state index in [-0.39, 0.29) is 36.7 Å². The van der Waals surface area contributed by atoms with Gasteiger partial charge in [0.2, 0.25) is 5.91 Å². The van der Waals surface area contributed by atoms with Crippen LogP contribution in [0.2, 0.25) is 0 Å². The Bertz CT molecular complexity index is 1750. The number of ether oxygens (including phenoxy) is 2. The minimum absolute atomic E-state index is 0.0497. The molecule has 1 saturated heterocycles. The molecule has 3 unspecified atom stereocenters. The quantitative estimate of drug-likeness (QED) is 0.0212. The minimum atomic E-state index is -3.37. The molecule has 0 aliphatic carbocycles. The van der Waals surface area contributed by atoms with Crippen LogP contribution in [0.5, 0.6) is 11.5 Å². The van der Waals surface area contributed by atoms with Crippen LogP contribution < -0.4 is 9.47 Å². The molecule has 2 heterocycles. The van der Waals surface area contributed by atoms with Crippen molar-refractivity contribution in [2.75, 3.05) is 51.2 Å². The van der Waals surface area contributed by atoms with Crippen LogP contribution in [-0.2, 0) is 38.7 Å². The summed E-state index contributed by atoms with van der Waals surface area (Å²) in [6, 6.07) is 1.60. The van der Waals surface area contributed by atoms with Gasteiger partial charge in [0.05, 0.1) is 32.0 Å². The molecule has 7 atom stereocenters. The van der Waals surface area contributed by atoms with Crippen molar-refractivity contribution in [2.24, 2.45) is 17.8 Å². The zero-order valence-electron chi connectivity index (χ0n) is 44.4. The van der Waals surface area contributed by atoms with Crippen molar-refractivity contribution < 1.29 is 51.8 Å². The number of esters is 1. The number of hydrogen-bond acceptors (Lipinski definition) is 12. The van der Waals surface area contributed by atoms with Gasteiger partial charge in [-0.1, -0.05) is 120 Å². The number of nitrogens with zero attached hydrogens (tertiary/aromatic N) is 1. The summed E-state index contributed by atoms with van der Waals surface area (Å²) in [6.45, 7) is 19.4. The minimum Gasteiger partial charge on any atom is -0.487 e. The van der Waals surface area contributed by atoms with Gasteiger partial charge in [-0.05, 0) is 126 Å². The number of aryl methyl sites for hydroxylation is 1. The van der Waals surface area contributed by atoms with Crippen molar-refractivity contribution >= 4 is 48.7 Å². The van der Waals surface area contributed by atoms with Gasteiger partial charge in [0, 0.05) is 49.8 Å². The van der Waals surface area contributed by atoms with Gasteiger partial charge in [-0.2, -0.15) is 0 Å². The number of aliphatic hydroxyl groups is 1. The molecule has 2 aliphatic heterocycles. The molecule has 2 aliphatic rings. The second-order valence-corrected chi connectivity index (χ2v) is 27.9. The van der Waals surface area contributed by atoms with E-state index in [1.807, 2.05) is 34.6 Å². The molecule has 0 aromatic heterocycles. The van der Waals surface area contributed by atoms with Crippen LogP contribution in [0.4, 0.5) is 0 Å². The smallest absolute Gasteiger partial charge is 0.327 e. The first kappa shape index (κ1) is 62.2. The number of benzene rings is 1. The zero-order valence-corrected chi connectivity index (χ0v) is 47.8. The molecule has 12 nitrogen and oxygen atoms in total. The molecule has 1 fully saturated rings. The maximum Gasteiger partial charge on any atom is 0.327 e. The van der Waals surface area contributed by atoms with Crippen LogP contribution in [-0.4, -0.2) is 95.7 Å². The van der Waals surface area contributed by atoms with E-state index in [1.54, 1.807) is 4.90 Å². The van der Waals surface area contributed by atoms with Gasteiger partial charge in [-0.15, -0.1) is 0 Å². The lowest BCUT2D eigenvalue weighted by molar-refractivity contribution is -0.135. The summed E-state index contributed by atoms with van der Waals surface area (Å²) < 4.78 is 53.1. The maximum absolute atomic E-state index is 13.2. The van der Waals surface area contributed by atoms with Crippen LogP contribution >= 0.6 is 36.8 Å². The molecule has 1 aromatic carbocycles. The topological polar surface area (TPSA) is 158 Å². The monoisotopic (exact) mass is 1050 g/mol. The summed E-state index contributed by atoms with van der Waals surface area (Å²) >= 11 is 0. The summed E-state index contributed by atoms with van der Waals surface area (Å²) in [4.78, 5) is 37.0. The van der Waals surface area contributed by atoms with Gasteiger partial charge in [0.15, 0.2) is 0 Å². The highest BCUT2D eigenvalue weighted by molar-refractivity contribution is 8.76. The Morgan fingerprint density at radius 2 is 1.38 bits per heavy atom. The molecule has 0 spiro atoms. The Hall–Kier alpha value is -1.08. The van der Waals surface area contributed by atoms with E-state index in [4.69, 9.17) is 27.9 Å². The van der Waals surface area contributed by atoms with E-state index < -0.39 is 21.3 Å². The first-order valence-corrected chi connectivity index (χ1v) is 33.2. The Morgan fingerprint density at radius 1 is 0.797 bits per heavy atom. The van der Waals surface area contributed by atoms with E-state index in [0.29, 0.717) is 51.1 Å². The fourth-order valence-electron chi connectivity index (χ4n) is 9.43. The standard InChI is InChI=1S/C53H95NO11P2S2/c1-41(2)23-20-24-42(3)25-21-26-43(4)27-22-31-53(7)32-30-48-45(6)49(37-44(5)52(48)65-53)64-51(57)29-15-11-10-14-28-50(56)54-39-47(55)38-46(54)40-63-67(9,60)62-34-17-13-19-36-69-68-35-18-12-16-33-61-66(8,58)59/h37,41-43,46-47,55H,10-36,38-40H2,1-9H3,(H,58,59)/t42-,43-,46+,47?,53+,67?/m1/s1. The van der Waals surface area contributed by atoms with Crippen molar-refractivity contribution in [3.8, 4) is 11.5 Å². The van der Waals surface area contributed by atoms with Crippen LogP contribution in [0.15, 0.2) is 6.07 Å². The fraction of sp³-hybridized carbons (Fsp3) is 0.849. The number of carbonyl (C=O) groups is 2. The summed E-state index contributed by atoms with van der Waals surface area (Å²) in [5, 5.41) is 10.4. The van der Waals surface area contributed by atoms with Crippen LogP contribution in [0.25, 0.3) is 0 Å². The number of β-amino-alcohol motifs (C(OH)–C–C–N with tert-alkyl or cyclic N) is 1. The van der Waals surface area contributed by atoms with E-state index >= 15 is 0 Å². The summed E-state index contributed by atoms with van der Waals surface area (Å²) in [6.07, 6.45) is 22.2. The largest absolute Gasteiger partial charge is 0.487 e. The number of aliphatic hydroxyl groups excluding tert-OH is 1. The van der Waals surface area contributed by atoms with Crippen molar-refractivity contribution in [1.29, 1.82) is 0 Å². The number of carbonyl (C=O) groups excluding carboxylic acids is 2. The Balaban J connectivity index is 1.26. The van der Waals surface area contributed by atoms with Crippen molar-refractivity contribution in [2.45, 2.75) is 220 Å². The number of fused-ring (bicyclic) bond motifs is 1. The molecule has 1 amide bonds. The van der Waals surface area contributed by atoms with E-state index in [2.05, 4.69) is 41.5 Å². The van der Waals surface area contributed by atoms with E-state index in [0.717, 1.165) is 122 Å². The molecule has 0 radical (unpaired) electrons. The fourth-order valence-corrected chi connectivity index (χ4v) is 13.2. The number of rotatable bonds is 38. The van der Waals surface area contributed by atoms with Crippen LogP contribution in [0.3, 0.4) is 0 Å². The average molecular weight is 1050 g/mol. The number of amides is 1. The maximum atomic E-state index is 13.2. The molecule has 2 N–H and O–H groups in total. The first-order valence-electron chi connectivity index (χ1n) is 26.7. The molecule has 1 aromatic rings. The predicted octanol–water partition coefficient (Wildman–Crippen LogP) is 14.4. The lowest BCUT2D eigenvalue weighted by Crippen LogP contribution is -2.38. The average Bonchev–Trinajstić information content (AvgIpc) is 3.65. The van der Waals surface area contributed by atoms with Gasteiger partial charge in [0.1, 0.15) is 17.1 Å². The normalized spacial score (nSPS) is 20.8. The highest BCUT2D eigenvalue weighted by Crippen LogP contribution is 2.45. The van der Waals surface area contributed by atoms with E-state index in [9.17, 15) is 23.8 Å². The summed E-state index contributed by atoms with van der Waals surface area (Å²) in [5.74, 6) is 5.71. The van der Waals surface area contributed by atoms with Gasteiger partial charge >= 0.3 is 21.2 Å². The lowest BCUT2D eigenvalue weighted by atomic mass is 9.84. The van der Waals surface area contributed by atoms with Crippen molar-refractivity contribution in [1.82, 2.24) is 4.90 Å². The third kappa shape index (κ3) is 26.6. The predicted molar refractivity (Wildman–Crippen MR) is 287 cm³/mol. The summed E-state index contributed by atoms with van der Waals surface area (Å²) in [7, 11) is -3.02. The Morgan fingerprint density at radius 3 is 2.00 bits per heavy atom. The zero-order chi connectivity index (χ0) is 50.9. The number of unbranched alkanes of at least 4 members (excludes halogenated alkanes) is 7. The van der Waals surface area contributed by atoms with Gasteiger partial charge < -0.3 is 37.9 Å². The highest BCUT2D eigenvalue weighted by atomic mass is 33.1. The lowest BCUT2D eigenvalue weighted by Gasteiger charge is -2.38. The van der Waals surface area contributed by atoms with Gasteiger partial charge in [0.25, 0.3) is 0 Å². The molecule has 400 valence electrons. The Labute approximate surface area is 426 Å². The number of likely N-dealkylation sites (tertiary alicyclic amines) is 1. The van der Waals surface area contributed by atoms with Crippen molar-refractivity contribution in [3.63, 3.8) is 0 Å². The molecule has 69 heavy (non-hydrogen) atoms. The second kappa shape index (κ2) is 33.0. The molecule has 3 rings (SSSR count). The second-order valence-electron chi connectivity index (χ2n) is 21.3.